The van der Waals surface area contributed by atoms with Crippen molar-refractivity contribution < 1.29 is 9.53 Å². The number of halogens is 1. The fourth-order valence-corrected chi connectivity index (χ4v) is 4.54. The van der Waals surface area contributed by atoms with Crippen molar-refractivity contribution in [3.05, 3.63) is 23.0 Å². The van der Waals surface area contributed by atoms with Gasteiger partial charge in [0, 0.05) is 30.9 Å². The molecular formula is C25H38ClN5O2. The SMILES string of the molecule is CCn1nc(C(=O)NCC2CCC(C)CC2)c(Cl)c1-c1cnc(NC(C)(C)CC)cc1OC. The van der Waals surface area contributed by atoms with Crippen LogP contribution in [-0.4, -0.2) is 39.9 Å². The Kier molecular flexibility index (Phi) is 8.27. The molecule has 0 bridgehead atoms. The molecule has 1 fully saturated rings. The van der Waals surface area contributed by atoms with Gasteiger partial charge < -0.3 is 15.4 Å². The predicted octanol–water partition coefficient (Wildman–Crippen LogP) is 5.78. The van der Waals surface area contributed by atoms with Crippen LogP contribution in [0.3, 0.4) is 0 Å². The number of ether oxygens (including phenoxy) is 1. The van der Waals surface area contributed by atoms with Gasteiger partial charge in [-0.2, -0.15) is 5.10 Å². The number of pyridine rings is 1. The monoisotopic (exact) mass is 475 g/mol. The normalized spacial score (nSPS) is 18.8. The second-order valence-corrected chi connectivity index (χ2v) is 10.2. The molecule has 3 rings (SSSR count). The number of nitrogens with zero attached hydrogens (tertiary/aromatic N) is 3. The van der Waals surface area contributed by atoms with Crippen LogP contribution in [0.15, 0.2) is 12.3 Å². The van der Waals surface area contributed by atoms with Crippen LogP contribution in [0.25, 0.3) is 11.3 Å². The average Bonchev–Trinajstić information content (AvgIpc) is 3.14. The molecule has 2 heterocycles. The molecule has 1 saturated carbocycles. The highest BCUT2D eigenvalue weighted by molar-refractivity contribution is 6.36. The van der Waals surface area contributed by atoms with Crippen LogP contribution >= 0.6 is 11.6 Å². The van der Waals surface area contributed by atoms with Gasteiger partial charge in [-0.05, 0) is 51.9 Å². The topological polar surface area (TPSA) is 81.1 Å². The average molecular weight is 476 g/mol. The molecule has 0 aromatic carbocycles. The molecule has 0 spiro atoms. The number of anilines is 1. The molecule has 0 radical (unpaired) electrons. The van der Waals surface area contributed by atoms with E-state index in [1.54, 1.807) is 18.0 Å². The highest BCUT2D eigenvalue weighted by Gasteiger charge is 2.26. The first-order valence-corrected chi connectivity index (χ1v) is 12.4. The Morgan fingerprint density at radius 3 is 2.58 bits per heavy atom. The summed E-state index contributed by atoms with van der Waals surface area (Å²) in [5.41, 5.74) is 1.50. The van der Waals surface area contributed by atoms with Gasteiger partial charge in [0.15, 0.2) is 5.69 Å². The standard InChI is InChI=1S/C25H38ClN5O2/c1-7-25(4,5)29-20-13-19(33-6)18(15-27-20)23-21(26)22(30-31(23)8-2)24(32)28-14-17-11-9-16(3)10-12-17/h13,15-17H,7-12,14H2,1-6H3,(H,27,29)(H,28,32). The number of hydrogen-bond acceptors (Lipinski definition) is 5. The summed E-state index contributed by atoms with van der Waals surface area (Å²) in [4.78, 5) is 17.5. The third-order valence-electron chi connectivity index (χ3n) is 6.79. The number of carbonyl (C=O) groups excluding carboxylic acids is 1. The van der Waals surface area contributed by atoms with Crippen molar-refractivity contribution in [2.75, 3.05) is 19.0 Å². The summed E-state index contributed by atoms with van der Waals surface area (Å²) in [5.74, 6) is 2.42. The highest BCUT2D eigenvalue weighted by atomic mass is 35.5. The van der Waals surface area contributed by atoms with Gasteiger partial charge in [0.1, 0.15) is 11.6 Å². The van der Waals surface area contributed by atoms with Crippen molar-refractivity contribution >= 4 is 23.3 Å². The lowest BCUT2D eigenvalue weighted by atomic mass is 9.83. The molecule has 7 nitrogen and oxygen atoms in total. The Morgan fingerprint density at radius 2 is 1.97 bits per heavy atom. The lowest BCUT2D eigenvalue weighted by Gasteiger charge is -2.26. The molecule has 0 saturated heterocycles. The fraction of sp³-hybridized carbons (Fsp3) is 0.640. The van der Waals surface area contributed by atoms with Gasteiger partial charge in [-0.15, -0.1) is 0 Å². The zero-order chi connectivity index (χ0) is 24.2. The largest absolute Gasteiger partial charge is 0.496 e. The van der Waals surface area contributed by atoms with Crippen LogP contribution in [0.4, 0.5) is 5.82 Å². The van der Waals surface area contributed by atoms with Crippen molar-refractivity contribution in [3.8, 4) is 17.0 Å². The van der Waals surface area contributed by atoms with Gasteiger partial charge in [0.25, 0.3) is 5.91 Å². The van der Waals surface area contributed by atoms with E-state index in [1.807, 2.05) is 13.0 Å². The first-order valence-electron chi connectivity index (χ1n) is 12.1. The van der Waals surface area contributed by atoms with E-state index >= 15 is 0 Å². The molecule has 8 heteroatoms. The summed E-state index contributed by atoms with van der Waals surface area (Å²) in [6.07, 6.45) is 7.44. The molecule has 2 aromatic heterocycles. The molecule has 1 aliphatic carbocycles. The van der Waals surface area contributed by atoms with E-state index in [9.17, 15) is 4.79 Å². The zero-order valence-electron chi connectivity index (χ0n) is 20.8. The van der Waals surface area contributed by atoms with E-state index in [0.29, 0.717) is 41.0 Å². The molecule has 1 amide bonds. The maximum absolute atomic E-state index is 13.0. The molecule has 2 aromatic rings. The lowest BCUT2D eigenvalue weighted by molar-refractivity contribution is 0.0936. The molecule has 2 N–H and O–H groups in total. The van der Waals surface area contributed by atoms with Crippen molar-refractivity contribution in [1.29, 1.82) is 0 Å². The third kappa shape index (κ3) is 5.99. The molecule has 182 valence electrons. The number of hydrogen-bond donors (Lipinski definition) is 2. The van der Waals surface area contributed by atoms with Crippen molar-refractivity contribution in [3.63, 3.8) is 0 Å². The van der Waals surface area contributed by atoms with Crippen molar-refractivity contribution in [2.24, 2.45) is 11.8 Å². The Labute approximate surface area is 202 Å². The quantitative estimate of drug-likeness (QED) is 0.480. The minimum absolute atomic E-state index is 0.0933. The van der Waals surface area contributed by atoms with Gasteiger partial charge in [-0.25, -0.2) is 4.98 Å². The summed E-state index contributed by atoms with van der Waals surface area (Å²) in [6.45, 7) is 11.9. The maximum atomic E-state index is 13.0. The van der Waals surface area contributed by atoms with Gasteiger partial charge in [0.05, 0.1) is 23.4 Å². The summed E-state index contributed by atoms with van der Waals surface area (Å²) < 4.78 is 7.41. The smallest absolute Gasteiger partial charge is 0.273 e. The number of aromatic nitrogens is 3. The number of aryl methyl sites for hydroxylation is 1. The summed E-state index contributed by atoms with van der Waals surface area (Å²) in [5, 5.41) is 11.3. The molecule has 1 aliphatic rings. The van der Waals surface area contributed by atoms with Crippen LogP contribution in [0.5, 0.6) is 5.75 Å². The van der Waals surface area contributed by atoms with E-state index in [4.69, 9.17) is 16.3 Å². The minimum atomic E-state index is -0.234. The van der Waals surface area contributed by atoms with Crippen LogP contribution in [0.2, 0.25) is 5.02 Å². The highest BCUT2D eigenvalue weighted by Crippen LogP contribution is 2.38. The predicted molar refractivity (Wildman–Crippen MR) is 134 cm³/mol. The first-order chi connectivity index (χ1) is 15.7. The lowest BCUT2D eigenvalue weighted by Crippen LogP contribution is -2.31. The Bertz CT molecular complexity index is 964. The second kappa shape index (κ2) is 10.8. The van der Waals surface area contributed by atoms with Crippen LogP contribution in [0, 0.1) is 11.8 Å². The molecular weight excluding hydrogens is 438 g/mol. The summed E-state index contributed by atoms with van der Waals surface area (Å²) in [7, 11) is 1.62. The maximum Gasteiger partial charge on any atom is 0.273 e. The van der Waals surface area contributed by atoms with Crippen LogP contribution < -0.4 is 15.4 Å². The van der Waals surface area contributed by atoms with Crippen molar-refractivity contribution in [1.82, 2.24) is 20.1 Å². The van der Waals surface area contributed by atoms with E-state index < -0.39 is 0 Å². The third-order valence-corrected chi connectivity index (χ3v) is 7.15. The van der Waals surface area contributed by atoms with Gasteiger partial charge in [0.2, 0.25) is 0 Å². The van der Waals surface area contributed by atoms with E-state index in [1.165, 1.54) is 12.8 Å². The second-order valence-electron chi connectivity index (χ2n) is 9.80. The molecule has 33 heavy (non-hydrogen) atoms. The van der Waals surface area contributed by atoms with Crippen molar-refractivity contribution in [2.45, 2.75) is 78.8 Å². The van der Waals surface area contributed by atoms with Crippen LogP contribution in [0.1, 0.15) is 77.2 Å². The fourth-order valence-electron chi connectivity index (χ4n) is 4.21. The number of rotatable bonds is 9. The molecule has 0 unspecified atom stereocenters. The molecule has 0 aliphatic heterocycles. The number of nitrogens with one attached hydrogen (secondary N) is 2. The zero-order valence-corrected chi connectivity index (χ0v) is 21.6. The van der Waals surface area contributed by atoms with Gasteiger partial charge >= 0.3 is 0 Å². The summed E-state index contributed by atoms with van der Waals surface area (Å²) in [6, 6.07) is 1.86. The number of amides is 1. The number of carbonyl (C=O) groups is 1. The Balaban J connectivity index is 1.84. The Hall–Kier alpha value is -2.28. The summed E-state index contributed by atoms with van der Waals surface area (Å²) >= 11 is 6.73. The number of methoxy groups -OCH3 is 1. The Morgan fingerprint density at radius 1 is 1.27 bits per heavy atom. The van der Waals surface area contributed by atoms with E-state index in [0.717, 1.165) is 31.0 Å². The molecule has 0 atom stereocenters. The van der Waals surface area contributed by atoms with Gasteiger partial charge in [-0.1, -0.05) is 38.3 Å². The van der Waals surface area contributed by atoms with Crippen LogP contribution in [-0.2, 0) is 6.54 Å². The van der Waals surface area contributed by atoms with E-state index in [2.05, 4.69) is 48.4 Å². The minimum Gasteiger partial charge on any atom is -0.496 e. The first kappa shape index (κ1) is 25.3. The van der Waals surface area contributed by atoms with E-state index in [-0.39, 0.29) is 17.1 Å². The van der Waals surface area contributed by atoms with Gasteiger partial charge in [-0.3, -0.25) is 9.48 Å².